The Kier molecular flexibility index (Phi) is 7.19. The van der Waals surface area contributed by atoms with Crippen molar-refractivity contribution < 1.29 is 13.6 Å². The summed E-state index contributed by atoms with van der Waals surface area (Å²) in [5.41, 5.74) is 3.99. The van der Waals surface area contributed by atoms with Crippen LogP contribution in [-0.4, -0.2) is 29.9 Å². The van der Waals surface area contributed by atoms with Crippen molar-refractivity contribution in [3.05, 3.63) is 72.2 Å². The molecule has 0 saturated heterocycles. The number of carbonyl (C=O) groups excluding carboxylic acids is 1. The Balaban J connectivity index is 1.56. The maximum atomic E-state index is 13.8. The average Bonchev–Trinajstić information content (AvgIpc) is 3.43. The van der Waals surface area contributed by atoms with E-state index in [0.29, 0.717) is 24.8 Å². The van der Waals surface area contributed by atoms with Gasteiger partial charge in [-0.1, -0.05) is 39.8 Å². The SMILES string of the molecule is CC(C)CN(CC(C)C)C(=O)[C@@H](Cc1ccc2occc2c1)NCc1ccc2occc2c1. The van der Waals surface area contributed by atoms with E-state index < -0.39 is 0 Å². The molecule has 0 unspecified atom stereocenters. The molecule has 0 spiro atoms. The predicted molar refractivity (Wildman–Crippen MR) is 133 cm³/mol. The van der Waals surface area contributed by atoms with Crippen LogP contribution in [0.3, 0.4) is 0 Å². The quantitative estimate of drug-likeness (QED) is 0.324. The van der Waals surface area contributed by atoms with Crippen LogP contribution in [-0.2, 0) is 17.8 Å². The summed E-state index contributed by atoms with van der Waals surface area (Å²) < 4.78 is 10.9. The van der Waals surface area contributed by atoms with E-state index in [2.05, 4.69) is 57.3 Å². The van der Waals surface area contributed by atoms with Crippen molar-refractivity contribution in [2.45, 2.75) is 46.7 Å². The van der Waals surface area contributed by atoms with Gasteiger partial charge in [0, 0.05) is 30.4 Å². The number of rotatable bonds is 10. The molecule has 0 bridgehead atoms. The van der Waals surface area contributed by atoms with E-state index in [1.165, 1.54) is 0 Å². The Morgan fingerprint density at radius 3 is 1.94 bits per heavy atom. The minimum Gasteiger partial charge on any atom is -0.464 e. The monoisotopic (exact) mass is 446 g/mol. The van der Waals surface area contributed by atoms with Crippen LogP contribution in [0.15, 0.2) is 69.9 Å². The molecule has 4 aromatic rings. The standard InChI is InChI=1S/C28H34N2O3/c1-19(2)17-30(18-20(3)4)28(31)25(15-21-5-7-26-23(13-21)9-11-32-26)29-16-22-6-8-27-24(14-22)10-12-33-27/h5-14,19-20,25,29H,15-18H2,1-4H3/t25-/m1/s1. The topological polar surface area (TPSA) is 58.6 Å². The number of fused-ring (bicyclic) bond motifs is 2. The fourth-order valence-electron chi connectivity index (χ4n) is 4.35. The Hall–Kier alpha value is -3.05. The van der Waals surface area contributed by atoms with E-state index in [1.54, 1.807) is 12.5 Å². The number of hydrogen-bond acceptors (Lipinski definition) is 4. The zero-order chi connectivity index (χ0) is 23.4. The highest BCUT2D eigenvalue weighted by atomic mass is 16.3. The number of benzene rings is 2. The Bertz CT molecular complexity index is 1190. The van der Waals surface area contributed by atoms with E-state index in [4.69, 9.17) is 8.83 Å². The zero-order valence-electron chi connectivity index (χ0n) is 20.0. The first-order valence-corrected chi connectivity index (χ1v) is 11.8. The molecule has 1 atom stereocenters. The van der Waals surface area contributed by atoms with Crippen LogP contribution in [0.2, 0.25) is 0 Å². The van der Waals surface area contributed by atoms with Gasteiger partial charge in [-0.25, -0.2) is 0 Å². The number of nitrogens with one attached hydrogen (secondary N) is 1. The fraction of sp³-hybridized carbons (Fsp3) is 0.393. The second kappa shape index (κ2) is 10.3. The highest BCUT2D eigenvalue weighted by Crippen LogP contribution is 2.20. The third kappa shape index (κ3) is 5.85. The largest absolute Gasteiger partial charge is 0.464 e. The first-order chi connectivity index (χ1) is 15.9. The minimum absolute atomic E-state index is 0.161. The summed E-state index contributed by atoms with van der Waals surface area (Å²) in [5.74, 6) is 0.993. The van der Waals surface area contributed by atoms with Gasteiger partial charge in [-0.15, -0.1) is 0 Å². The Morgan fingerprint density at radius 2 is 1.36 bits per heavy atom. The molecule has 0 radical (unpaired) electrons. The first kappa shape index (κ1) is 23.1. The van der Waals surface area contributed by atoms with Crippen molar-refractivity contribution >= 4 is 27.8 Å². The van der Waals surface area contributed by atoms with Gasteiger partial charge in [-0.2, -0.15) is 0 Å². The average molecular weight is 447 g/mol. The summed E-state index contributed by atoms with van der Waals surface area (Å²) in [7, 11) is 0. The molecule has 0 fully saturated rings. The van der Waals surface area contributed by atoms with Gasteiger partial charge in [-0.05, 0) is 65.8 Å². The summed E-state index contributed by atoms with van der Waals surface area (Å²) in [6, 6.07) is 15.9. The Labute approximate surface area is 195 Å². The van der Waals surface area contributed by atoms with Crippen molar-refractivity contribution in [3.8, 4) is 0 Å². The third-order valence-electron chi connectivity index (χ3n) is 5.81. The molecular formula is C28H34N2O3. The lowest BCUT2D eigenvalue weighted by atomic mass is 10.0. The van der Waals surface area contributed by atoms with Crippen LogP contribution >= 0.6 is 0 Å². The second-order valence-corrected chi connectivity index (χ2v) is 9.75. The summed E-state index contributed by atoms with van der Waals surface area (Å²) in [4.78, 5) is 15.8. The summed E-state index contributed by atoms with van der Waals surface area (Å²) in [6.45, 7) is 10.8. The maximum Gasteiger partial charge on any atom is 0.240 e. The van der Waals surface area contributed by atoms with Crippen molar-refractivity contribution in [1.29, 1.82) is 0 Å². The Morgan fingerprint density at radius 1 is 0.818 bits per heavy atom. The maximum absolute atomic E-state index is 13.8. The van der Waals surface area contributed by atoms with Crippen molar-refractivity contribution in [2.24, 2.45) is 11.8 Å². The molecule has 1 N–H and O–H groups in total. The molecular weight excluding hydrogens is 412 g/mol. The molecule has 5 nitrogen and oxygen atoms in total. The van der Waals surface area contributed by atoms with Crippen LogP contribution in [0.5, 0.6) is 0 Å². The molecule has 1 amide bonds. The van der Waals surface area contributed by atoms with Crippen LogP contribution < -0.4 is 5.32 Å². The number of carbonyl (C=O) groups is 1. The van der Waals surface area contributed by atoms with Crippen LogP contribution in [0.25, 0.3) is 21.9 Å². The van der Waals surface area contributed by atoms with Gasteiger partial charge in [0.15, 0.2) is 0 Å². The molecule has 0 saturated carbocycles. The smallest absolute Gasteiger partial charge is 0.240 e. The molecule has 5 heteroatoms. The van der Waals surface area contributed by atoms with Gasteiger partial charge >= 0.3 is 0 Å². The molecule has 174 valence electrons. The highest BCUT2D eigenvalue weighted by molar-refractivity contribution is 5.83. The van der Waals surface area contributed by atoms with Gasteiger partial charge < -0.3 is 19.1 Å². The third-order valence-corrected chi connectivity index (χ3v) is 5.81. The fourth-order valence-corrected chi connectivity index (χ4v) is 4.35. The lowest BCUT2D eigenvalue weighted by Gasteiger charge is -2.31. The number of amides is 1. The van der Waals surface area contributed by atoms with Gasteiger partial charge in [0.1, 0.15) is 11.2 Å². The van der Waals surface area contributed by atoms with Crippen LogP contribution in [0, 0.1) is 11.8 Å². The lowest BCUT2D eigenvalue weighted by Crippen LogP contribution is -2.49. The number of furan rings is 2. The van der Waals surface area contributed by atoms with E-state index >= 15 is 0 Å². The normalized spacial score (nSPS) is 12.8. The van der Waals surface area contributed by atoms with E-state index in [1.807, 2.05) is 29.2 Å². The van der Waals surface area contributed by atoms with Gasteiger partial charge in [0.25, 0.3) is 0 Å². The van der Waals surface area contributed by atoms with E-state index in [0.717, 1.165) is 46.2 Å². The summed E-state index contributed by atoms with van der Waals surface area (Å²) >= 11 is 0. The molecule has 2 heterocycles. The molecule has 33 heavy (non-hydrogen) atoms. The summed E-state index contributed by atoms with van der Waals surface area (Å²) in [5, 5.41) is 5.70. The van der Waals surface area contributed by atoms with E-state index in [9.17, 15) is 4.79 Å². The molecule has 2 aromatic heterocycles. The van der Waals surface area contributed by atoms with Crippen LogP contribution in [0.4, 0.5) is 0 Å². The highest BCUT2D eigenvalue weighted by Gasteiger charge is 2.26. The molecule has 2 aromatic carbocycles. The summed E-state index contributed by atoms with van der Waals surface area (Å²) in [6.07, 6.45) is 4.03. The molecule has 4 rings (SSSR count). The number of hydrogen-bond donors (Lipinski definition) is 1. The number of nitrogens with zero attached hydrogens (tertiary/aromatic N) is 1. The van der Waals surface area contributed by atoms with E-state index in [-0.39, 0.29) is 11.9 Å². The minimum atomic E-state index is -0.313. The zero-order valence-corrected chi connectivity index (χ0v) is 20.0. The second-order valence-electron chi connectivity index (χ2n) is 9.75. The first-order valence-electron chi connectivity index (χ1n) is 11.8. The van der Waals surface area contributed by atoms with Crippen molar-refractivity contribution in [1.82, 2.24) is 10.2 Å². The van der Waals surface area contributed by atoms with Gasteiger partial charge in [0.2, 0.25) is 5.91 Å². The molecule has 0 aliphatic carbocycles. The van der Waals surface area contributed by atoms with Crippen molar-refractivity contribution in [3.63, 3.8) is 0 Å². The van der Waals surface area contributed by atoms with Gasteiger partial charge in [-0.3, -0.25) is 4.79 Å². The van der Waals surface area contributed by atoms with Crippen LogP contribution in [0.1, 0.15) is 38.8 Å². The lowest BCUT2D eigenvalue weighted by molar-refractivity contribution is -0.134. The molecule has 0 aliphatic heterocycles. The predicted octanol–water partition coefficient (Wildman–Crippen LogP) is 6.02. The van der Waals surface area contributed by atoms with Crippen molar-refractivity contribution in [2.75, 3.05) is 13.1 Å². The molecule has 0 aliphatic rings. The van der Waals surface area contributed by atoms with Gasteiger partial charge in [0.05, 0.1) is 18.6 Å².